The van der Waals surface area contributed by atoms with Crippen LogP contribution in [-0.4, -0.2) is 22.6 Å². The number of para-hydroxylation sites is 1. The summed E-state index contributed by atoms with van der Waals surface area (Å²) in [4.78, 5) is 15.9. The quantitative estimate of drug-likeness (QED) is 0.799. The van der Waals surface area contributed by atoms with Crippen LogP contribution < -0.4 is 5.32 Å². The van der Waals surface area contributed by atoms with Gasteiger partial charge in [0.05, 0.1) is 0 Å². The van der Waals surface area contributed by atoms with Crippen LogP contribution in [-0.2, 0) is 0 Å². The SMILES string of the molecule is O=C(Nc1ccccc1)c1ccc(C#CCO)cn1. The third kappa shape index (κ3) is 3.66. The number of aromatic nitrogens is 1. The van der Waals surface area contributed by atoms with E-state index in [0.717, 1.165) is 5.69 Å². The van der Waals surface area contributed by atoms with Crippen molar-refractivity contribution in [3.05, 3.63) is 59.9 Å². The number of hydrogen-bond donors (Lipinski definition) is 2. The lowest BCUT2D eigenvalue weighted by Crippen LogP contribution is -2.13. The molecule has 1 aromatic heterocycles. The zero-order valence-electron chi connectivity index (χ0n) is 10.1. The minimum Gasteiger partial charge on any atom is -0.384 e. The van der Waals surface area contributed by atoms with Gasteiger partial charge in [0.1, 0.15) is 12.3 Å². The molecule has 2 aromatic rings. The fraction of sp³-hybridized carbons (Fsp3) is 0.0667. The number of anilines is 1. The number of hydrogen-bond acceptors (Lipinski definition) is 3. The third-order valence-electron chi connectivity index (χ3n) is 2.34. The Morgan fingerprint density at radius 3 is 2.63 bits per heavy atom. The Balaban J connectivity index is 2.08. The summed E-state index contributed by atoms with van der Waals surface area (Å²) in [6.07, 6.45) is 1.50. The molecule has 0 unspecified atom stereocenters. The van der Waals surface area contributed by atoms with Crippen LogP contribution in [0.4, 0.5) is 5.69 Å². The van der Waals surface area contributed by atoms with Gasteiger partial charge in [-0.2, -0.15) is 0 Å². The number of carbonyl (C=O) groups is 1. The van der Waals surface area contributed by atoms with Crippen molar-refractivity contribution in [2.45, 2.75) is 0 Å². The maximum Gasteiger partial charge on any atom is 0.274 e. The Kier molecular flexibility index (Phi) is 4.27. The van der Waals surface area contributed by atoms with Crippen molar-refractivity contribution < 1.29 is 9.90 Å². The second-order valence-corrected chi connectivity index (χ2v) is 3.71. The number of nitrogens with zero attached hydrogens (tertiary/aromatic N) is 1. The van der Waals surface area contributed by atoms with Crippen LogP contribution in [0.3, 0.4) is 0 Å². The average Bonchev–Trinajstić information content (AvgIpc) is 2.46. The van der Waals surface area contributed by atoms with Gasteiger partial charge in [-0.3, -0.25) is 4.79 Å². The fourth-order valence-electron chi connectivity index (χ4n) is 1.46. The lowest BCUT2D eigenvalue weighted by molar-refractivity contribution is 0.102. The van der Waals surface area contributed by atoms with Gasteiger partial charge < -0.3 is 10.4 Å². The second kappa shape index (κ2) is 6.34. The van der Waals surface area contributed by atoms with E-state index >= 15 is 0 Å². The van der Waals surface area contributed by atoms with E-state index in [0.29, 0.717) is 11.3 Å². The van der Waals surface area contributed by atoms with Crippen LogP contribution in [0.2, 0.25) is 0 Å². The van der Waals surface area contributed by atoms with Gasteiger partial charge in [-0.25, -0.2) is 4.98 Å². The molecule has 0 radical (unpaired) electrons. The molecule has 0 saturated heterocycles. The summed E-state index contributed by atoms with van der Waals surface area (Å²) in [5.74, 6) is 4.96. The number of carbonyl (C=O) groups excluding carboxylic acids is 1. The van der Waals surface area contributed by atoms with E-state index < -0.39 is 0 Å². The van der Waals surface area contributed by atoms with Crippen LogP contribution in [0.15, 0.2) is 48.7 Å². The standard InChI is InChI=1S/C15H12N2O2/c18-10-4-5-12-8-9-14(16-11-12)15(19)17-13-6-2-1-3-7-13/h1-3,6-9,11,18H,10H2,(H,17,19). The van der Waals surface area contributed by atoms with Gasteiger partial charge in [0.25, 0.3) is 5.91 Å². The fourth-order valence-corrected chi connectivity index (χ4v) is 1.46. The van der Waals surface area contributed by atoms with Gasteiger partial charge in [-0.15, -0.1) is 0 Å². The Morgan fingerprint density at radius 1 is 1.21 bits per heavy atom. The summed E-state index contributed by atoms with van der Waals surface area (Å²) in [7, 11) is 0. The second-order valence-electron chi connectivity index (χ2n) is 3.71. The van der Waals surface area contributed by atoms with Crippen molar-refractivity contribution in [1.82, 2.24) is 4.98 Å². The molecule has 1 aromatic carbocycles. The molecule has 0 aliphatic carbocycles. The molecule has 2 rings (SSSR count). The molecule has 0 saturated carbocycles. The zero-order chi connectivity index (χ0) is 13.5. The molecule has 2 N–H and O–H groups in total. The summed E-state index contributed by atoms with van der Waals surface area (Å²) >= 11 is 0. The highest BCUT2D eigenvalue weighted by atomic mass is 16.2. The van der Waals surface area contributed by atoms with E-state index in [1.54, 1.807) is 24.3 Å². The predicted octanol–water partition coefficient (Wildman–Crippen LogP) is 1.68. The van der Waals surface area contributed by atoms with Gasteiger partial charge in [0.2, 0.25) is 0 Å². The van der Waals surface area contributed by atoms with Gasteiger partial charge in [-0.05, 0) is 24.3 Å². The van der Waals surface area contributed by atoms with E-state index in [1.807, 2.05) is 18.2 Å². The Labute approximate surface area is 111 Å². The first-order valence-electron chi connectivity index (χ1n) is 5.72. The van der Waals surface area contributed by atoms with Crippen LogP contribution >= 0.6 is 0 Å². The topological polar surface area (TPSA) is 62.2 Å². The molecule has 0 aliphatic heterocycles. The molecular formula is C15H12N2O2. The minimum atomic E-state index is -0.270. The van der Waals surface area contributed by atoms with Gasteiger partial charge in [0.15, 0.2) is 0 Å². The third-order valence-corrected chi connectivity index (χ3v) is 2.34. The van der Waals surface area contributed by atoms with E-state index in [2.05, 4.69) is 22.1 Å². The van der Waals surface area contributed by atoms with E-state index in [-0.39, 0.29) is 12.5 Å². The lowest BCUT2D eigenvalue weighted by Gasteiger charge is -2.03. The molecule has 4 heteroatoms. The molecule has 1 heterocycles. The summed E-state index contributed by atoms with van der Waals surface area (Å²) in [5.41, 5.74) is 1.70. The van der Waals surface area contributed by atoms with Crippen molar-refractivity contribution in [1.29, 1.82) is 0 Å². The van der Waals surface area contributed by atoms with Crippen LogP contribution in [0.1, 0.15) is 16.1 Å². The highest BCUT2D eigenvalue weighted by molar-refractivity contribution is 6.02. The van der Waals surface area contributed by atoms with Gasteiger partial charge in [-0.1, -0.05) is 30.0 Å². The van der Waals surface area contributed by atoms with Crippen LogP contribution in [0.25, 0.3) is 0 Å². The summed E-state index contributed by atoms with van der Waals surface area (Å²) < 4.78 is 0. The monoisotopic (exact) mass is 252 g/mol. The molecule has 0 bridgehead atoms. The minimum absolute atomic E-state index is 0.198. The first-order chi connectivity index (χ1) is 9.29. The summed E-state index contributed by atoms with van der Waals surface area (Å²) in [6.45, 7) is -0.198. The molecule has 1 amide bonds. The van der Waals surface area contributed by atoms with Gasteiger partial charge >= 0.3 is 0 Å². The largest absolute Gasteiger partial charge is 0.384 e. The van der Waals surface area contributed by atoms with Crippen molar-refractivity contribution in [3.8, 4) is 11.8 Å². The Morgan fingerprint density at radius 2 is 2.00 bits per heavy atom. The molecule has 0 aliphatic rings. The van der Waals surface area contributed by atoms with Crippen molar-refractivity contribution in [3.63, 3.8) is 0 Å². The molecular weight excluding hydrogens is 240 g/mol. The van der Waals surface area contributed by atoms with E-state index in [1.165, 1.54) is 6.20 Å². The Bertz CT molecular complexity index is 610. The number of nitrogens with one attached hydrogen (secondary N) is 1. The van der Waals surface area contributed by atoms with Crippen molar-refractivity contribution in [2.24, 2.45) is 0 Å². The smallest absolute Gasteiger partial charge is 0.274 e. The number of benzene rings is 1. The molecule has 94 valence electrons. The first kappa shape index (κ1) is 12.8. The molecule has 19 heavy (non-hydrogen) atoms. The van der Waals surface area contributed by atoms with Crippen LogP contribution in [0.5, 0.6) is 0 Å². The highest BCUT2D eigenvalue weighted by Crippen LogP contribution is 2.07. The number of aliphatic hydroxyl groups excluding tert-OH is 1. The maximum absolute atomic E-state index is 11.9. The number of aliphatic hydroxyl groups is 1. The van der Waals surface area contributed by atoms with Crippen LogP contribution in [0, 0.1) is 11.8 Å². The van der Waals surface area contributed by atoms with Crippen molar-refractivity contribution in [2.75, 3.05) is 11.9 Å². The maximum atomic E-state index is 11.9. The highest BCUT2D eigenvalue weighted by Gasteiger charge is 2.06. The number of pyridine rings is 1. The van der Waals surface area contributed by atoms with E-state index in [9.17, 15) is 4.79 Å². The van der Waals surface area contributed by atoms with Gasteiger partial charge in [0, 0.05) is 17.4 Å². The lowest BCUT2D eigenvalue weighted by atomic mass is 10.2. The molecule has 0 atom stereocenters. The van der Waals surface area contributed by atoms with E-state index in [4.69, 9.17) is 5.11 Å². The Hall–Kier alpha value is -2.64. The summed E-state index contributed by atoms with van der Waals surface area (Å²) in [5, 5.41) is 11.3. The first-order valence-corrected chi connectivity index (χ1v) is 5.72. The normalized spacial score (nSPS) is 9.32. The molecule has 0 fully saturated rings. The summed E-state index contributed by atoms with van der Waals surface area (Å²) in [6, 6.07) is 12.5. The molecule has 0 spiro atoms. The number of amides is 1. The zero-order valence-corrected chi connectivity index (χ0v) is 10.1. The average molecular weight is 252 g/mol. The molecule has 4 nitrogen and oxygen atoms in total. The van der Waals surface area contributed by atoms with Crippen molar-refractivity contribution >= 4 is 11.6 Å². The number of rotatable bonds is 2. The predicted molar refractivity (Wildman–Crippen MR) is 72.6 cm³/mol.